The third-order valence-corrected chi connectivity index (χ3v) is 4.15. The van der Waals surface area contributed by atoms with Gasteiger partial charge in [0.25, 0.3) is 5.91 Å². The number of halogens is 1. The van der Waals surface area contributed by atoms with Crippen molar-refractivity contribution in [1.82, 2.24) is 10.3 Å². The van der Waals surface area contributed by atoms with E-state index in [2.05, 4.69) is 10.3 Å². The molecule has 1 aliphatic rings. The maximum absolute atomic E-state index is 11.9. The van der Waals surface area contributed by atoms with E-state index in [9.17, 15) is 4.79 Å². The molecule has 1 amide bonds. The van der Waals surface area contributed by atoms with Crippen LogP contribution in [0.2, 0.25) is 5.02 Å². The van der Waals surface area contributed by atoms with E-state index in [1.54, 1.807) is 6.07 Å². The number of hydrogen-bond donors (Lipinski definition) is 2. The van der Waals surface area contributed by atoms with Gasteiger partial charge in [0.15, 0.2) is 0 Å². The highest BCUT2D eigenvalue weighted by atomic mass is 35.5. The van der Waals surface area contributed by atoms with Crippen LogP contribution in [0.1, 0.15) is 23.2 Å². The Balaban J connectivity index is 2.01. The summed E-state index contributed by atoms with van der Waals surface area (Å²) < 4.78 is 0. The number of rotatable bonds is 2. The lowest BCUT2D eigenvalue weighted by atomic mass is 10.1. The first-order valence-corrected chi connectivity index (χ1v) is 6.99. The Labute approximate surface area is 109 Å². The van der Waals surface area contributed by atoms with Crippen molar-refractivity contribution in [3.05, 3.63) is 22.8 Å². The van der Waals surface area contributed by atoms with Crippen molar-refractivity contribution in [3.8, 4) is 0 Å². The fourth-order valence-electron chi connectivity index (χ4n) is 1.70. The number of nitrogens with two attached hydrogens (primary N) is 1. The second-order valence-corrected chi connectivity index (χ2v) is 5.54. The van der Waals surface area contributed by atoms with Crippen molar-refractivity contribution in [2.45, 2.75) is 18.9 Å². The van der Waals surface area contributed by atoms with Crippen LogP contribution in [-0.4, -0.2) is 28.4 Å². The van der Waals surface area contributed by atoms with Gasteiger partial charge in [0, 0.05) is 18.0 Å². The van der Waals surface area contributed by atoms with Crippen molar-refractivity contribution in [2.75, 3.05) is 17.2 Å². The smallest absolute Gasteiger partial charge is 0.253 e. The van der Waals surface area contributed by atoms with Crippen molar-refractivity contribution >= 4 is 35.1 Å². The molecule has 0 spiro atoms. The van der Waals surface area contributed by atoms with Gasteiger partial charge in [-0.2, -0.15) is 11.8 Å². The lowest BCUT2D eigenvalue weighted by Gasteiger charge is -2.22. The van der Waals surface area contributed by atoms with E-state index < -0.39 is 0 Å². The first-order valence-electron chi connectivity index (χ1n) is 5.46. The third-order valence-electron chi connectivity index (χ3n) is 2.63. The average Bonchev–Trinajstić information content (AvgIpc) is 2.34. The molecule has 1 fully saturated rings. The third kappa shape index (κ3) is 3.26. The monoisotopic (exact) mass is 271 g/mol. The summed E-state index contributed by atoms with van der Waals surface area (Å²) in [6.07, 6.45) is 3.64. The number of pyridine rings is 1. The van der Waals surface area contributed by atoms with Gasteiger partial charge in [-0.05, 0) is 24.7 Å². The highest BCUT2D eigenvalue weighted by Gasteiger charge is 2.17. The maximum atomic E-state index is 11.9. The number of hydrogen-bond acceptors (Lipinski definition) is 4. The second-order valence-electron chi connectivity index (χ2n) is 3.98. The lowest BCUT2D eigenvalue weighted by Crippen LogP contribution is -2.38. The van der Waals surface area contributed by atoms with E-state index in [0.717, 1.165) is 18.6 Å². The van der Waals surface area contributed by atoms with Crippen LogP contribution < -0.4 is 11.1 Å². The number of anilines is 1. The zero-order valence-corrected chi connectivity index (χ0v) is 10.9. The summed E-state index contributed by atoms with van der Waals surface area (Å²) in [5, 5.41) is 3.30. The molecule has 4 nitrogen and oxygen atoms in total. The summed E-state index contributed by atoms with van der Waals surface area (Å²) in [4.78, 5) is 15.8. The predicted molar refractivity (Wildman–Crippen MR) is 71.5 cm³/mol. The Kier molecular flexibility index (Phi) is 4.12. The van der Waals surface area contributed by atoms with Gasteiger partial charge >= 0.3 is 0 Å². The molecule has 0 aliphatic carbocycles. The van der Waals surface area contributed by atoms with E-state index in [1.165, 1.54) is 11.9 Å². The van der Waals surface area contributed by atoms with Gasteiger partial charge in [-0.25, -0.2) is 4.98 Å². The van der Waals surface area contributed by atoms with Crippen molar-refractivity contribution < 1.29 is 4.79 Å². The van der Waals surface area contributed by atoms with Crippen LogP contribution >= 0.6 is 23.4 Å². The molecule has 1 aliphatic heterocycles. The van der Waals surface area contributed by atoms with Crippen LogP contribution in [0.5, 0.6) is 0 Å². The zero-order chi connectivity index (χ0) is 12.3. The molecule has 6 heteroatoms. The molecule has 0 bridgehead atoms. The molecule has 1 aromatic rings. The summed E-state index contributed by atoms with van der Waals surface area (Å²) in [7, 11) is 0. The molecule has 1 saturated heterocycles. The number of aromatic nitrogens is 1. The van der Waals surface area contributed by atoms with Crippen LogP contribution in [0.25, 0.3) is 0 Å². The van der Waals surface area contributed by atoms with Gasteiger partial charge in [-0.3, -0.25) is 4.79 Å². The van der Waals surface area contributed by atoms with Crippen LogP contribution in [-0.2, 0) is 0 Å². The summed E-state index contributed by atoms with van der Waals surface area (Å²) in [6, 6.07) is 1.80. The zero-order valence-electron chi connectivity index (χ0n) is 9.28. The van der Waals surface area contributed by atoms with E-state index in [-0.39, 0.29) is 17.8 Å². The quantitative estimate of drug-likeness (QED) is 0.863. The van der Waals surface area contributed by atoms with E-state index >= 15 is 0 Å². The minimum atomic E-state index is -0.132. The molecule has 0 radical (unpaired) electrons. The van der Waals surface area contributed by atoms with Crippen LogP contribution in [0, 0.1) is 0 Å². The number of nitrogens with one attached hydrogen (secondary N) is 1. The van der Waals surface area contributed by atoms with Gasteiger partial charge in [0.2, 0.25) is 0 Å². The minimum absolute atomic E-state index is 0.132. The highest BCUT2D eigenvalue weighted by Crippen LogP contribution is 2.19. The molecule has 92 valence electrons. The molecule has 2 heterocycles. The van der Waals surface area contributed by atoms with Crippen molar-refractivity contribution in [3.63, 3.8) is 0 Å². The average molecular weight is 272 g/mol. The Morgan fingerprint density at radius 2 is 2.47 bits per heavy atom. The largest absolute Gasteiger partial charge is 0.382 e. The Morgan fingerprint density at radius 3 is 3.12 bits per heavy atom. The van der Waals surface area contributed by atoms with Crippen LogP contribution in [0.15, 0.2) is 12.3 Å². The fourth-order valence-corrected chi connectivity index (χ4v) is 2.93. The highest BCUT2D eigenvalue weighted by molar-refractivity contribution is 7.99. The lowest BCUT2D eigenvalue weighted by molar-refractivity contribution is 0.0938. The van der Waals surface area contributed by atoms with E-state index in [4.69, 9.17) is 17.3 Å². The Hall–Kier alpha value is -0.940. The van der Waals surface area contributed by atoms with Gasteiger partial charge in [-0.1, -0.05) is 11.6 Å². The number of amides is 1. The van der Waals surface area contributed by atoms with E-state index in [0.29, 0.717) is 10.6 Å². The standard InChI is InChI=1S/C11H14ClN3OS/c12-9-4-7(5-14-10(9)13)11(16)15-8-2-1-3-17-6-8/h4-5,8H,1-3,6H2,(H2,13,14)(H,15,16). The number of carbonyl (C=O) groups is 1. The fraction of sp³-hybridized carbons (Fsp3) is 0.455. The molecule has 0 aromatic carbocycles. The van der Waals surface area contributed by atoms with Crippen molar-refractivity contribution in [2.24, 2.45) is 0 Å². The summed E-state index contributed by atoms with van der Waals surface area (Å²) in [5.74, 6) is 2.27. The molecule has 1 atom stereocenters. The van der Waals surface area contributed by atoms with Crippen molar-refractivity contribution in [1.29, 1.82) is 0 Å². The number of carbonyl (C=O) groups excluding carboxylic acids is 1. The van der Waals surface area contributed by atoms with E-state index in [1.807, 2.05) is 11.8 Å². The molecular formula is C11H14ClN3OS. The minimum Gasteiger partial charge on any atom is -0.382 e. The summed E-state index contributed by atoms with van der Waals surface area (Å²) in [6.45, 7) is 0. The molecule has 0 saturated carbocycles. The number of thioether (sulfide) groups is 1. The van der Waals surface area contributed by atoms with Gasteiger partial charge in [0.1, 0.15) is 5.82 Å². The molecule has 2 rings (SSSR count). The molecule has 1 aromatic heterocycles. The molecule has 1 unspecified atom stereocenters. The number of nitrogens with zero attached hydrogens (tertiary/aromatic N) is 1. The van der Waals surface area contributed by atoms with Gasteiger partial charge in [-0.15, -0.1) is 0 Å². The second kappa shape index (κ2) is 5.60. The first-order chi connectivity index (χ1) is 8.16. The summed E-state index contributed by atoms with van der Waals surface area (Å²) in [5.41, 5.74) is 5.95. The van der Waals surface area contributed by atoms with Gasteiger partial charge < -0.3 is 11.1 Å². The Morgan fingerprint density at radius 1 is 1.65 bits per heavy atom. The maximum Gasteiger partial charge on any atom is 0.253 e. The topological polar surface area (TPSA) is 68.0 Å². The Bertz CT molecular complexity index is 421. The first kappa shape index (κ1) is 12.5. The van der Waals surface area contributed by atoms with Crippen LogP contribution in [0.3, 0.4) is 0 Å². The van der Waals surface area contributed by atoms with Crippen LogP contribution in [0.4, 0.5) is 5.82 Å². The normalized spacial score (nSPS) is 19.9. The number of nitrogen functional groups attached to an aromatic ring is 1. The summed E-state index contributed by atoms with van der Waals surface area (Å²) >= 11 is 7.70. The van der Waals surface area contributed by atoms with Gasteiger partial charge in [0.05, 0.1) is 10.6 Å². The molecule has 17 heavy (non-hydrogen) atoms. The SMILES string of the molecule is Nc1ncc(C(=O)NC2CCCSC2)cc1Cl. The molecular weight excluding hydrogens is 258 g/mol. The molecule has 3 N–H and O–H groups in total. The predicted octanol–water partition coefficient (Wildman–Crippen LogP) is 1.94.